The maximum atomic E-state index is 6.29. The summed E-state index contributed by atoms with van der Waals surface area (Å²) < 4.78 is 6.22. The van der Waals surface area contributed by atoms with E-state index in [4.69, 9.17) is 10.5 Å². The number of hydrogen-bond donors (Lipinski definition) is 1. The Morgan fingerprint density at radius 1 is 1.21 bits per heavy atom. The second kappa shape index (κ2) is 6.42. The standard InChI is InChI=1S/C17H27NO/c1-3-4-5-6-9-12-17(2)13-15(18)14-10-7-8-11-16(14)19-17/h7-8,10-11,15H,3-6,9,12-13,18H2,1-2H3/t15-,17?/m0/s1. The summed E-state index contributed by atoms with van der Waals surface area (Å²) in [7, 11) is 0. The first-order chi connectivity index (χ1) is 9.14. The first kappa shape index (κ1) is 14.4. The molecule has 2 rings (SSSR count). The molecular weight excluding hydrogens is 234 g/mol. The number of benzene rings is 1. The molecule has 2 N–H and O–H groups in total. The number of hydrogen-bond acceptors (Lipinski definition) is 2. The van der Waals surface area contributed by atoms with E-state index < -0.39 is 0 Å². The number of fused-ring (bicyclic) bond motifs is 1. The molecule has 1 heterocycles. The topological polar surface area (TPSA) is 35.2 Å². The molecule has 1 unspecified atom stereocenters. The van der Waals surface area contributed by atoms with E-state index in [0.717, 1.165) is 24.2 Å². The van der Waals surface area contributed by atoms with E-state index in [2.05, 4.69) is 19.9 Å². The van der Waals surface area contributed by atoms with Gasteiger partial charge >= 0.3 is 0 Å². The summed E-state index contributed by atoms with van der Waals surface area (Å²) in [6.45, 7) is 4.46. The highest BCUT2D eigenvalue weighted by atomic mass is 16.5. The van der Waals surface area contributed by atoms with Crippen molar-refractivity contribution in [3.8, 4) is 5.75 Å². The number of para-hydroxylation sites is 1. The Labute approximate surface area is 117 Å². The molecule has 0 aromatic heterocycles. The molecule has 2 atom stereocenters. The molecule has 2 heteroatoms. The van der Waals surface area contributed by atoms with Gasteiger partial charge in [-0.05, 0) is 25.8 Å². The fourth-order valence-electron chi connectivity index (χ4n) is 3.02. The molecule has 0 saturated carbocycles. The quantitative estimate of drug-likeness (QED) is 0.760. The first-order valence-corrected chi connectivity index (χ1v) is 7.68. The third-order valence-electron chi connectivity index (χ3n) is 4.14. The van der Waals surface area contributed by atoms with Crippen molar-refractivity contribution in [1.82, 2.24) is 0 Å². The highest BCUT2D eigenvalue weighted by molar-refractivity contribution is 5.38. The van der Waals surface area contributed by atoms with Crippen LogP contribution in [0.3, 0.4) is 0 Å². The van der Waals surface area contributed by atoms with Gasteiger partial charge in [0.2, 0.25) is 0 Å². The minimum atomic E-state index is -0.0833. The van der Waals surface area contributed by atoms with E-state index in [-0.39, 0.29) is 11.6 Å². The molecule has 0 radical (unpaired) electrons. The molecule has 1 aromatic carbocycles. The third kappa shape index (κ3) is 3.73. The smallest absolute Gasteiger partial charge is 0.124 e. The minimum absolute atomic E-state index is 0.0833. The minimum Gasteiger partial charge on any atom is -0.487 e. The average molecular weight is 261 g/mol. The lowest BCUT2D eigenvalue weighted by molar-refractivity contribution is 0.0430. The maximum Gasteiger partial charge on any atom is 0.124 e. The molecule has 0 amide bonds. The Hall–Kier alpha value is -1.02. The van der Waals surface area contributed by atoms with Crippen LogP contribution in [0.4, 0.5) is 0 Å². The number of nitrogens with two attached hydrogens (primary N) is 1. The van der Waals surface area contributed by atoms with Crippen molar-refractivity contribution in [3.05, 3.63) is 29.8 Å². The van der Waals surface area contributed by atoms with Crippen LogP contribution in [0.15, 0.2) is 24.3 Å². The lowest BCUT2D eigenvalue weighted by atomic mass is 9.85. The monoisotopic (exact) mass is 261 g/mol. The number of ether oxygens (including phenoxy) is 1. The molecule has 0 aliphatic carbocycles. The van der Waals surface area contributed by atoms with Crippen LogP contribution >= 0.6 is 0 Å². The van der Waals surface area contributed by atoms with Gasteiger partial charge in [-0.3, -0.25) is 0 Å². The highest BCUT2D eigenvalue weighted by Crippen LogP contribution is 2.40. The molecule has 2 nitrogen and oxygen atoms in total. The van der Waals surface area contributed by atoms with Crippen LogP contribution in [0.1, 0.15) is 70.4 Å². The SMILES string of the molecule is CCCCCCCC1(C)C[C@H](N)c2ccccc2O1. The summed E-state index contributed by atoms with van der Waals surface area (Å²) in [5.74, 6) is 0.984. The van der Waals surface area contributed by atoms with Crippen LogP contribution in [0.5, 0.6) is 5.75 Å². The van der Waals surface area contributed by atoms with Crippen LogP contribution in [0.25, 0.3) is 0 Å². The van der Waals surface area contributed by atoms with E-state index in [1.165, 1.54) is 32.1 Å². The maximum absolute atomic E-state index is 6.29. The molecule has 1 aromatic rings. The van der Waals surface area contributed by atoms with Crippen molar-refractivity contribution < 1.29 is 4.74 Å². The summed E-state index contributed by atoms with van der Waals surface area (Å²) in [6.07, 6.45) is 8.58. The predicted molar refractivity (Wildman–Crippen MR) is 80.4 cm³/mol. The molecule has 0 saturated heterocycles. The normalized spacial score (nSPS) is 25.7. The Morgan fingerprint density at radius 3 is 2.74 bits per heavy atom. The second-order valence-corrected chi connectivity index (χ2v) is 6.06. The van der Waals surface area contributed by atoms with Crippen molar-refractivity contribution in [2.45, 2.75) is 70.4 Å². The third-order valence-corrected chi connectivity index (χ3v) is 4.14. The molecule has 1 aliphatic heterocycles. The second-order valence-electron chi connectivity index (χ2n) is 6.06. The van der Waals surface area contributed by atoms with E-state index in [1.54, 1.807) is 0 Å². The van der Waals surface area contributed by atoms with Crippen LogP contribution in [-0.4, -0.2) is 5.60 Å². The van der Waals surface area contributed by atoms with Crippen LogP contribution in [-0.2, 0) is 0 Å². The van der Waals surface area contributed by atoms with Gasteiger partial charge < -0.3 is 10.5 Å². The van der Waals surface area contributed by atoms with Crippen LogP contribution in [0.2, 0.25) is 0 Å². The number of unbranched alkanes of at least 4 members (excludes halogenated alkanes) is 4. The molecule has 1 aliphatic rings. The van der Waals surface area contributed by atoms with Gasteiger partial charge in [0, 0.05) is 18.0 Å². The zero-order valence-corrected chi connectivity index (χ0v) is 12.3. The summed E-state index contributed by atoms with van der Waals surface area (Å²) in [5.41, 5.74) is 7.37. The fourth-order valence-corrected chi connectivity index (χ4v) is 3.02. The van der Waals surface area contributed by atoms with Gasteiger partial charge in [-0.2, -0.15) is 0 Å². The summed E-state index contributed by atoms with van der Waals surface area (Å²) in [6, 6.07) is 8.31. The van der Waals surface area contributed by atoms with Crippen molar-refractivity contribution in [3.63, 3.8) is 0 Å². The summed E-state index contributed by atoms with van der Waals surface area (Å²) in [5, 5.41) is 0. The highest BCUT2D eigenvalue weighted by Gasteiger charge is 2.34. The van der Waals surface area contributed by atoms with Gasteiger partial charge in [-0.25, -0.2) is 0 Å². The van der Waals surface area contributed by atoms with Crippen molar-refractivity contribution in [2.24, 2.45) is 5.73 Å². The summed E-state index contributed by atoms with van der Waals surface area (Å²) >= 11 is 0. The first-order valence-electron chi connectivity index (χ1n) is 7.68. The molecule has 106 valence electrons. The Bertz CT molecular complexity index is 404. The van der Waals surface area contributed by atoms with Gasteiger partial charge in [0.25, 0.3) is 0 Å². The van der Waals surface area contributed by atoms with Gasteiger partial charge in [0.15, 0.2) is 0 Å². The zero-order chi connectivity index (χ0) is 13.7. The summed E-state index contributed by atoms with van der Waals surface area (Å²) in [4.78, 5) is 0. The molecule has 0 spiro atoms. The largest absolute Gasteiger partial charge is 0.487 e. The molecule has 0 fully saturated rings. The van der Waals surface area contributed by atoms with E-state index in [0.29, 0.717) is 0 Å². The van der Waals surface area contributed by atoms with Crippen LogP contribution < -0.4 is 10.5 Å². The van der Waals surface area contributed by atoms with E-state index in [9.17, 15) is 0 Å². The fraction of sp³-hybridized carbons (Fsp3) is 0.647. The van der Waals surface area contributed by atoms with Gasteiger partial charge in [0.1, 0.15) is 11.4 Å². The van der Waals surface area contributed by atoms with Gasteiger partial charge in [0.05, 0.1) is 0 Å². The van der Waals surface area contributed by atoms with Gasteiger partial charge in [-0.15, -0.1) is 0 Å². The molecule has 0 bridgehead atoms. The molecular formula is C17H27NO. The van der Waals surface area contributed by atoms with E-state index >= 15 is 0 Å². The lowest BCUT2D eigenvalue weighted by Crippen LogP contribution is -2.40. The van der Waals surface area contributed by atoms with Crippen molar-refractivity contribution >= 4 is 0 Å². The van der Waals surface area contributed by atoms with Crippen LogP contribution in [0, 0.1) is 0 Å². The molecule has 19 heavy (non-hydrogen) atoms. The number of rotatable bonds is 6. The predicted octanol–water partition coefficient (Wildman–Crippen LogP) is 4.59. The van der Waals surface area contributed by atoms with Gasteiger partial charge in [-0.1, -0.05) is 50.8 Å². The lowest BCUT2D eigenvalue weighted by Gasteiger charge is -2.39. The van der Waals surface area contributed by atoms with Crippen molar-refractivity contribution in [2.75, 3.05) is 0 Å². The Balaban J connectivity index is 1.91. The zero-order valence-electron chi connectivity index (χ0n) is 12.3. The van der Waals surface area contributed by atoms with Crippen molar-refractivity contribution in [1.29, 1.82) is 0 Å². The Morgan fingerprint density at radius 2 is 1.95 bits per heavy atom. The Kier molecular flexibility index (Phi) is 4.87. The average Bonchev–Trinajstić information content (AvgIpc) is 2.38. The van der Waals surface area contributed by atoms with E-state index in [1.807, 2.05) is 18.2 Å².